The van der Waals surface area contributed by atoms with Gasteiger partial charge in [0, 0.05) is 35.2 Å². The van der Waals surface area contributed by atoms with Gasteiger partial charge in [-0.25, -0.2) is 0 Å². The van der Waals surface area contributed by atoms with Crippen LogP contribution in [0.2, 0.25) is 0 Å². The molecule has 1 aromatic rings. The molecule has 0 amide bonds. The molecule has 0 radical (unpaired) electrons. The van der Waals surface area contributed by atoms with Crippen molar-refractivity contribution >= 4 is 27.3 Å². The molecule has 0 aliphatic carbocycles. The van der Waals surface area contributed by atoms with Gasteiger partial charge >= 0.3 is 0 Å². The summed E-state index contributed by atoms with van der Waals surface area (Å²) in [5, 5.41) is 20.0. The number of nitro groups is 1. The molecular formula is C13H16BrN3O2. The largest absolute Gasteiger partial charge is 0.368 e. The molecule has 0 fully saturated rings. The summed E-state index contributed by atoms with van der Waals surface area (Å²) in [6.45, 7) is 4.69. The summed E-state index contributed by atoms with van der Waals surface area (Å²) < 4.78 is 0. The summed E-state index contributed by atoms with van der Waals surface area (Å²) in [5.41, 5.74) is 1.67. The van der Waals surface area contributed by atoms with E-state index in [-0.39, 0.29) is 16.7 Å². The molecule has 0 aromatic heterocycles. The fourth-order valence-electron chi connectivity index (χ4n) is 1.89. The lowest BCUT2D eigenvalue weighted by Crippen LogP contribution is -2.31. The second kappa shape index (κ2) is 7.10. The zero-order valence-electron chi connectivity index (χ0n) is 11.0. The summed E-state index contributed by atoms with van der Waals surface area (Å²) >= 11 is 3.27. The van der Waals surface area contributed by atoms with Crippen molar-refractivity contribution in [2.75, 3.05) is 11.4 Å². The fraction of sp³-hybridized carbons (Fsp3) is 0.462. The minimum atomic E-state index is -0.380. The molecule has 1 rings (SSSR count). The second-order valence-corrected chi connectivity index (χ2v) is 4.96. The highest BCUT2D eigenvalue weighted by atomic mass is 79.9. The van der Waals surface area contributed by atoms with Crippen molar-refractivity contribution in [1.82, 2.24) is 0 Å². The number of nitrogens with zero attached hydrogens (tertiary/aromatic N) is 3. The van der Waals surface area contributed by atoms with Crippen molar-refractivity contribution in [3.8, 4) is 6.07 Å². The van der Waals surface area contributed by atoms with Crippen molar-refractivity contribution in [2.24, 2.45) is 0 Å². The highest BCUT2D eigenvalue weighted by molar-refractivity contribution is 9.08. The van der Waals surface area contributed by atoms with E-state index in [1.165, 1.54) is 6.07 Å². The molecule has 0 N–H and O–H groups in total. The van der Waals surface area contributed by atoms with Crippen molar-refractivity contribution in [1.29, 1.82) is 5.26 Å². The van der Waals surface area contributed by atoms with Crippen LogP contribution in [0.25, 0.3) is 0 Å². The number of benzene rings is 1. The molecule has 0 spiro atoms. The Morgan fingerprint density at radius 1 is 1.53 bits per heavy atom. The van der Waals surface area contributed by atoms with Crippen molar-refractivity contribution in [3.05, 3.63) is 33.9 Å². The van der Waals surface area contributed by atoms with Crippen LogP contribution < -0.4 is 4.90 Å². The standard InChI is InChI=1S/C13H16BrN3O2/c1-10(2)16(7-3-6-15)12-4-5-13(17(18)19)11(8-12)9-14/h4-5,8,10H,3,7,9H2,1-2H3. The Balaban J connectivity index is 3.11. The van der Waals surface area contributed by atoms with Crippen LogP contribution in [-0.2, 0) is 5.33 Å². The maximum Gasteiger partial charge on any atom is 0.273 e. The normalized spacial score (nSPS) is 10.3. The van der Waals surface area contributed by atoms with E-state index in [9.17, 15) is 10.1 Å². The Kier molecular flexibility index (Phi) is 5.77. The first kappa shape index (κ1) is 15.4. The van der Waals surface area contributed by atoms with Crippen LogP contribution in [0.4, 0.5) is 11.4 Å². The third-order valence-corrected chi connectivity index (χ3v) is 3.43. The molecule has 0 heterocycles. The molecule has 0 unspecified atom stereocenters. The summed E-state index contributed by atoms with van der Waals surface area (Å²) in [7, 11) is 0. The van der Waals surface area contributed by atoms with Gasteiger partial charge in [-0.2, -0.15) is 5.26 Å². The summed E-state index contributed by atoms with van der Waals surface area (Å²) in [6.07, 6.45) is 0.429. The van der Waals surface area contributed by atoms with Gasteiger partial charge in [-0.3, -0.25) is 10.1 Å². The monoisotopic (exact) mass is 325 g/mol. The molecule has 5 nitrogen and oxygen atoms in total. The number of hydrogen-bond acceptors (Lipinski definition) is 4. The topological polar surface area (TPSA) is 70.2 Å². The molecule has 6 heteroatoms. The fourth-order valence-corrected chi connectivity index (χ4v) is 2.34. The molecule has 0 saturated heterocycles. The Labute approximate surface area is 121 Å². The van der Waals surface area contributed by atoms with Gasteiger partial charge in [0.1, 0.15) is 0 Å². The average Bonchev–Trinajstić information content (AvgIpc) is 2.38. The molecule has 0 aliphatic heterocycles. The van der Waals surface area contributed by atoms with E-state index in [0.717, 1.165) is 5.69 Å². The predicted octanol–water partition coefficient (Wildman–Crippen LogP) is 3.62. The number of alkyl halides is 1. The molecule has 102 valence electrons. The number of anilines is 1. The third kappa shape index (κ3) is 3.93. The van der Waals surface area contributed by atoms with Crippen molar-refractivity contribution in [2.45, 2.75) is 31.6 Å². The summed E-state index contributed by atoms with van der Waals surface area (Å²) in [4.78, 5) is 12.6. The van der Waals surface area contributed by atoms with E-state index in [4.69, 9.17) is 5.26 Å². The lowest BCUT2D eigenvalue weighted by atomic mass is 10.1. The molecule has 1 aromatic carbocycles. The van der Waals surface area contributed by atoms with Crippen LogP contribution in [0.1, 0.15) is 25.8 Å². The van der Waals surface area contributed by atoms with Gasteiger partial charge in [0.05, 0.1) is 17.4 Å². The van der Waals surface area contributed by atoms with Crippen LogP contribution in [-0.4, -0.2) is 17.5 Å². The first-order chi connectivity index (χ1) is 9.01. The smallest absolute Gasteiger partial charge is 0.273 e. The minimum absolute atomic E-state index is 0.115. The van der Waals surface area contributed by atoms with E-state index in [2.05, 4.69) is 26.9 Å². The maximum absolute atomic E-state index is 10.9. The quantitative estimate of drug-likeness (QED) is 0.455. The number of rotatable bonds is 6. The Hall–Kier alpha value is -1.61. The summed E-state index contributed by atoms with van der Waals surface area (Å²) in [6, 6.07) is 7.43. The third-order valence-electron chi connectivity index (χ3n) is 2.82. The van der Waals surface area contributed by atoms with Gasteiger partial charge in [-0.05, 0) is 26.0 Å². The molecule has 0 aliphatic rings. The van der Waals surface area contributed by atoms with E-state index < -0.39 is 0 Å². The van der Waals surface area contributed by atoms with Crippen LogP contribution in [0.3, 0.4) is 0 Å². The first-order valence-electron chi connectivity index (χ1n) is 5.98. The molecule has 0 atom stereocenters. The maximum atomic E-state index is 10.9. The second-order valence-electron chi connectivity index (χ2n) is 4.40. The van der Waals surface area contributed by atoms with Gasteiger partial charge < -0.3 is 4.90 Å². The summed E-state index contributed by atoms with van der Waals surface area (Å²) in [5.74, 6) is 0. The van der Waals surface area contributed by atoms with E-state index >= 15 is 0 Å². The van der Waals surface area contributed by atoms with E-state index in [1.54, 1.807) is 6.07 Å². The zero-order valence-corrected chi connectivity index (χ0v) is 12.6. The first-order valence-corrected chi connectivity index (χ1v) is 7.10. The van der Waals surface area contributed by atoms with Crippen LogP contribution >= 0.6 is 15.9 Å². The highest BCUT2D eigenvalue weighted by Crippen LogP contribution is 2.27. The predicted molar refractivity (Wildman–Crippen MR) is 78.4 cm³/mol. The highest BCUT2D eigenvalue weighted by Gasteiger charge is 2.17. The van der Waals surface area contributed by atoms with E-state index in [1.807, 2.05) is 19.9 Å². The molecule has 0 bridgehead atoms. The van der Waals surface area contributed by atoms with Crippen LogP contribution in [0, 0.1) is 21.4 Å². The van der Waals surface area contributed by atoms with Gasteiger partial charge in [0.25, 0.3) is 5.69 Å². The van der Waals surface area contributed by atoms with Crippen LogP contribution in [0.15, 0.2) is 18.2 Å². The molecule has 0 saturated carbocycles. The minimum Gasteiger partial charge on any atom is -0.368 e. The van der Waals surface area contributed by atoms with Gasteiger partial charge in [0.2, 0.25) is 0 Å². The van der Waals surface area contributed by atoms with Gasteiger partial charge in [-0.1, -0.05) is 15.9 Å². The Morgan fingerprint density at radius 3 is 2.68 bits per heavy atom. The Bertz CT molecular complexity index is 497. The lowest BCUT2D eigenvalue weighted by Gasteiger charge is -2.28. The number of halogens is 1. The molecular weight excluding hydrogens is 310 g/mol. The Morgan fingerprint density at radius 2 is 2.21 bits per heavy atom. The average molecular weight is 326 g/mol. The zero-order chi connectivity index (χ0) is 14.4. The van der Waals surface area contributed by atoms with Crippen molar-refractivity contribution < 1.29 is 4.92 Å². The molecule has 19 heavy (non-hydrogen) atoms. The number of hydrogen-bond donors (Lipinski definition) is 0. The van der Waals surface area contributed by atoms with E-state index in [0.29, 0.717) is 23.9 Å². The van der Waals surface area contributed by atoms with Crippen LogP contribution in [0.5, 0.6) is 0 Å². The van der Waals surface area contributed by atoms with Crippen molar-refractivity contribution in [3.63, 3.8) is 0 Å². The number of nitriles is 1. The SMILES string of the molecule is CC(C)N(CCC#N)c1ccc([N+](=O)[O-])c(CBr)c1. The lowest BCUT2D eigenvalue weighted by molar-refractivity contribution is -0.385. The number of nitro benzene ring substituents is 1. The van der Waals surface area contributed by atoms with Gasteiger partial charge in [-0.15, -0.1) is 0 Å². The van der Waals surface area contributed by atoms with Gasteiger partial charge in [0.15, 0.2) is 0 Å².